The van der Waals surface area contributed by atoms with Gasteiger partial charge in [0.05, 0.1) is 12.3 Å². The number of hydrogen-bond donors (Lipinski definition) is 1. The van der Waals surface area contributed by atoms with E-state index < -0.39 is 0 Å². The number of likely N-dealkylation sites (tertiary alicyclic amines) is 1. The molecule has 1 amide bonds. The summed E-state index contributed by atoms with van der Waals surface area (Å²) in [4.78, 5) is 15.0. The Balaban J connectivity index is 1.45. The van der Waals surface area contributed by atoms with Crippen LogP contribution in [0.4, 0.5) is 0 Å². The number of carbonyl (C=O) groups excluding carboxylic acids is 1. The number of hydrogen-bond acceptors (Lipinski definition) is 5. The molecular weight excluding hydrogens is 382 g/mol. The predicted molar refractivity (Wildman–Crippen MR) is 116 cm³/mol. The Labute approximate surface area is 177 Å². The number of aromatic nitrogens is 3. The fourth-order valence-corrected chi connectivity index (χ4v) is 5.16. The molecule has 7 heteroatoms. The number of amides is 1. The van der Waals surface area contributed by atoms with Crippen molar-refractivity contribution < 1.29 is 4.79 Å². The molecule has 2 heterocycles. The number of carbonyl (C=O) groups is 1. The largest absolute Gasteiger partial charge is 0.352 e. The van der Waals surface area contributed by atoms with Crippen molar-refractivity contribution in [1.29, 1.82) is 0 Å². The van der Waals surface area contributed by atoms with Gasteiger partial charge in [0.25, 0.3) is 0 Å². The second kappa shape index (κ2) is 9.76. The molecule has 2 fully saturated rings. The van der Waals surface area contributed by atoms with Crippen LogP contribution in [0, 0.1) is 5.92 Å². The standard InChI is InChI=1S/C22H31N5OS/c1-17-9-5-6-12-19(17)23-21(28)16-29-22-25-24-20(15-26-13-7-8-14-26)27(22)18-10-3-2-4-11-18/h2-4,10-11,17,19H,5-9,12-16H2,1H3,(H,23,28)/t17-,19+/m0/s1. The van der Waals surface area contributed by atoms with Crippen molar-refractivity contribution in [2.45, 2.75) is 63.2 Å². The zero-order chi connectivity index (χ0) is 20.1. The van der Waals surface area contributed by atoms with Gasteiger partial charge in [-0.1, -0.05) is 49.7 Å². The van der Waals surface area contributed by atoms with Crippen molar-refractivity contribution in [3.63, 3.8) is 0 Å². The molecule has 2 aliphatic rings. The van der Waals surface area contributed by atoms with Gasteiger partial charge in [0.15, 0.2) is 11.0 Å². The van der Waals surface area contributed by atoms with Crippen molar-refractivity contribution in [3.05, 3.63) is 36.2 Å². The summed E-state index contributed by atoms with van der Waals surface area (Å²) in [5.74, 6) is 1.98. The number of benzene rings is 1. The number of thioether (sulfide) groups is 1. The molecule has 4 rings (SSSR count). The molecule has 1 aliphatic carbocycles. The van der Waals surface area contributed by atoms with E-state index in [1.807, 2.05) is 18.2 Å². The Bertz CT molecular complexity index is 803. The molecule has 1 aromatic heterocycles. The smallest absolute Gasteiger partial charge is 0.230 e. The van der Waals surface area contributed by atoms with E-state index in [4.69, 9.17) is 0 Å². The van der Waals surface area contributed by atoms with Gasteiger partial charge in [0.1, 0.15) is 0 Å². The zero-order valence-corrected chi connectivity index (χ0v) is 18.0. The first-order chi connectivity index (χ1) is 14.2. The van der Waals surface area contributed by atoms with E-state index in [9.17, 15) is 4.79 Å². The molecule has 29 heavy (non-hydrogen) atoms. The van der Waals surface area contributed by atoms with Crippen LogP contribution in [0.5, 0.6) is 0 Å². The minimum Gasteiger partial charge on any atom is -0.352 e. The molecule has 6 nitrogen and oxygen atoms in total. The normalized spacial score (nSPS) is 22.7. The summed E-state index contributed by atoms with van der Waals surface area (Å²) in [6.45, 7) is 5.28. The molecule has 1 N–H and O–H groups in total. The quantitative estimate of drug-likeness (QED) is 0.702. The van der Waals surface area contributed by atoms with Crippen molar-refractivity contribution in [1.82, 2.24) is 25.0 Å². The Kier molecular flexibility index (Phi) is 6.87. The average molecular weight is 414 g/mol. The Morgan fingerprint density at radius 3 is 2.62 bits per heavy atom. The van der Waals surface area contributed by atoms with Crippen LogP contribution in [0.25, 0.3) is 5.69 Å². The molecule has 1 aliphatic heterocycles. The van der Waals surface area contributed by atoms with Gasteiger partial charge in [0, 0.05) is 11.7 Å². The fourth-order valence-electron chi connectivity index (χ4n) is 4.38. The van der Waals surface area contributed by atoms with Gasteiger partial charge >= 0.3 is 0 Å². The van der Waals surface area contributed by atoms with Crippen LogP contribution in [-0.2, 0) is 11.3 Å². The molecule has 156 valence electrons. The molecule has 1 saturated carbocycles. The number of rotatable bonds is 7. The summed E-state index contributed by atoms with van der Waals surface area (Å²) in [6.07, 6.45) is 7.30. The van der Waals surface area contributed by atoms with Crippen LogP contribution in [0.15, 0.2) is 35.5 Å². The summed E-state index contributed by atoms with van der Waals surface area (Å²) >= 11 is 1.48. The summed E-state index contributed by atoms with van der Waals surface area (Å²) in [6, 6.07) is 10.5. The molecule has 2 aromatic rings. The van der Waals surface area contributed by atoms with Crippen molar-refractivity contribution >= 4 is 17.7 Å². The highest BCUT2D eigenvalue weighted by Crippen LogP contribution is 2.26. The maximum absolute atomic E-state index is 12.6. The molecule has 0 bridgehead atoms. The van der Waals surface area contributed by atoms with Crippen molar-refractivity contribution in [3.8, 4) is 5.69 Å². The van der Waals surface area contributed by atoms with Gasteiger partial charge in [-0.15, -0.1) is 10.2 Å². The summed E-state index contributed by atoms with van der Waals surface area (Å²) < 4.78 is 2.11. The van der Waals surface area contributed by atoms with Gasteiger partial charge in [-0.05, 0) is 56.8 Å². The second-order valence-corrected chi connectivity index (χ2v) is 9.22. The van der Waals surface area contributed by atoms with Gasteiger partial charge in [-0.3, -0.25) is 14.3 Å². The molecule has 1 aromatic carbocycles. The van der Waals surface area contributed by atoms with Crippen molar-refractivity contribution in [2.75, 3.05) is 18.8 Å². The highest BCUT2D eigenvalue weighted by atomic mass is 32.2. The molecule has 2 atom stereocenters. The van der Waals surface area contributed by atoms with Crippen LogP contribution >= 0.6 is 11.8 Å². The van der Waals surface area contributed by atoms with Crippen LogP contribution in [0.3, 0.4) is 0 Å². The monoisotopic (exact) mass is 413 g/mol. The second-order valence-electron chi connectivity index (χ2n) is 8.28. The third kappa shape index (κ3) is 5.20. The molecule has 0 radical (unpaired) electrons. The lowest BCUT2D eigenvalue weighted by atomic mass is 9.86. The van der Waals surface area contributed by atoms with E-state index in [0.717, 1.165) is 42.7 Å². The number of nitrogens with one attached hydrogen (secondary N) is 1. The summed E-state index contributed by atoms with van der Waals surface area (Å²) in [7, 11) is 0. The molecule has 0 unspecified atom stereocenters. The van der Waals surface area contributed by atoms with E-state index in [2.05, 4.69) is 44.0 Å². The van der Waals surface area contributed by atoms with Crippen LogP contribution in [0.2, 0.25) is 0 Å². The third-order valence-electron chi connectivity index (χ3n) is 6.07. The first kappa shape index (κ1) is 20.4. The van der Waals surface area contributed by atoms with E-state index >= 15 is 0 Å². The maximum Gasteiger partial charge on any atom is 0.230 e. The average Bonchev–Trinajstić information content (AvgIpc) is 3.39. The summed E-state index contributed by atoms with van der Waals surface area (Å²) in [5, 5.41) is 12.9. The first-order valence-corrected chi connectivity index (χ1v) is 11.8. The lowest BCUT2D eigenvalue weighted by molar-refractivity contribution is -0.119. The molecule has 1 saturated heterocycles. The van der Waals surface area contributed by atoms with E-state index in [0.29, 0.717) is 17.7 Å². The van der Waals surface area contributed by atoms with Gasteiger partial charge < -0.3 is 5.32 Å². The number of para-hydroxylation sites is 1. The Morgan fingerprint density at radius 2 is 1.86 bits per heavy atom. The van der Waals surface area contributed by atoms with Crippen LogP contribution < -0.4 is 5.32 Å². The Morgan fingerprint density at radius 1 is 1.10 bits per heavy atom. The SMILES string of the molecule is C[C@H]1CCCC[C@H]1NC(=O)CSc1nnc(CN2CCCC2)n1-c1ccccc1. The highest BCUT2D eigenvalue weighted by molar-refractivity contribution is 7.99. The van der Waals surface area contributed by atoms with Crippen LogP contribution in [0.1, 0.15) is 51.3 Å². The maximum atomic E-state index is 12.6. The zero-order valence-electron chi connectivity index (χ0n) is 17.2. The van der Waals surface area contributed by atoms with E-state index in [1.54, 1.807) is 0 Å². The minimum absolute atomic E-state index is 0.0949. The Hall–Kier alpha value is -1.86. The highest BCUT2D eigenvalue weighted by Gasteiger charge is 2.24. The van der Waals surface area contributed by atoms with Gasteiger partial charge in [-0.25, -0.2) is 0 Å². The lowest BCUT2D eigenvalue weighted by Crippen LogP contribution is -2.41. The predicted octanol–water partition coefficient (Wildman–Crippen LogP) is 3.65. The topological polar surface area (TPSA) is 63.1 Å². The molecular formula is C22H31N5OS. The van der Waals surface area contributed by atoms with Crippen LogP contribution in [-0.4, -0.2) is 50.5 Å². The van der Waals surface area contributed by atoms with Crippen molar-refractivity contribution in [2.24, 2.45) is 5.92 Å². The molecule has 0 spiro atoms. The fraction of sp³-hybridized carbons (Fsp3) is 0.591. The minimum atomic E-state index is 0.0949. The van der Waals surface area contributed by atoms with E-state index in [1.165, 1.54) is 43.9 Å². The first-order valence-electron chi connectivity index (χ1n) is 10.8. The van der Waals surface area contributed by atoms with Gasteiger partial charge in [-0.2, -0.15) is 0 Å². The summed E-state index contributed by atoms with van der Waals surface area (Å²) in [5.41, 5.74) is 1.05. The van der Waals surface area contributed by atoms with Gasteiger partial charge in [0.2, 0.25) is 5.91 Å². The van der Waals surface area contributed by atoms with E-state index in [-0.39, 0.29) is 5.91 Å². The third-order valence-corrected chi connectivity index (χ3v) is 7.00. The number of nitrogens with zero attached hydrogens (tertiary/aromatic N) is 4. The lowest BCUT2D eigenvalue weighted by Gasteiger charge is -2.29.